The highest BCUT2D eigenvalue weighted by Gasteiger charge is 2.46. The van der Waals surface area contributed by atoms with E-state index < -0.39 is 11.0 Å². The zero-order valence-electron chi connectivity index (χ0n) is 9.49. The van der Waals surface area contributed by atoms with Gasteiger partial charge in [0.25, 0.3) is 11.6 Å². The van der Waals surface area contributed by atoms with Gasteiger partial charge in [0.15, 0.2) is 6.10 Å². The topological polar surface area (TPSA) is 76.0 Å². The van der Waals surface area contributed by atoms with Crippen molar-refractivity contribution in [1.29, 1.82) is 0 Å². The van der Waals surface area contributed by atoms with Crippen LogP contribution >= 0.6 is 0 Å². The third-order valence-corrected chi connectivity index (χ3v) is 2.61. The minimum absolute atomic E-state index is 0.0323. The summed E-state index contributed by atoms with van der Waals surface area (Å²) in [5, 5.41) is 10.5. The average molecular weight is 236 g/mol. The molecule has 6 heteroatoms. The van der Waals surface area contributed by atoms with Gasteiger partial charge >= 0.3 is 0 Å². The number of likely N-dealkylation sites (N-methyl/N-ethyl adjacent to an activating group) is 1. The second-order valence-corrected chi connectivity index (χ2v) is 4.06. The molecule has 1 saturated heterocycles. The number of epoxide rings is 1. The molecule has 90 valence electrons. The summed E-state index contributed by atoms with van der Waals surface area (Å²) in [5.41, 5.74) is 0.820. The predicted molar refractivity (Wildman–Crippen MR) is 59.4 cm³/mol. The number of hydrogen-bond acceptors (Lipinski definition) is 4. The number of nitrogens with zero attached hydrogens (tertiary/aromatic N) is 2. The van der Waals surface area contributed by atoms with Gasteiger partial charge in [-0.15, -0.1) is 0 Å². The molecule has 1 fully saturated rings. The summed E-state index contributed by atoms with van der Waals surface area (Å²) in [6, 6.07) is 6.06. The zero-order chi connectivity index (χ0) is 12.6. The molecule has 1 aliphatic heterocycles. The van der Waals surface area contributed by atoms with E-state index in [0.717, 1.165) is 5.56 Å². The quantitative estimate of drug-likeness (QED) is 0.447. The molecule has 0 bridgehead atoms. The summed E-state index contributed by atoms with van der Waals surface area (Å²) < 4.78 is 5.27. The molecular formula is C11H12N2O4. The fourth-order valence-electron chi connectivity index (χ4n) is 1.59. The Morgan fingerprint density at radius 1 is 1.35 bits per heavy atom. The van der Waals surface area contributed by atoms with E-state index in [-0.39, 0.29) is 17.7 Å². The van der Waals surface area contributed by atoms with Gasteiger partial charge < -0.3 is 9.64 Å². The van der Waals surface area contributed by atoms with Gasteiger partial charge in [-0.3, -0.25) is 14.9 Å². The Morgan fingerprint density at radius 3 is 2.41 bits per heavy atom. The molecule has 1 amide bonds. The highest BCUT2D eigenvalue weighted by molar-refractivity contribution is 5.83. The van der Waals surface area contributed by atoms with E-state index in [1.807, 2.05) is 0 Å². The van der Waals surface area contributed by atoms with E-state index in [9.17, 15) is 14.9 Å². The number of ether oxygens (including phenoxy) is 1. The van der Waals surface area contributed by atoms with Gasteiger partial charge in [0, 0.05) is 26.2 Å². The van der Waals surface area contributed by atoms with Crippen LogP contribution in [0.4, 0.5) is 5.69 Å². The fraction of sp³-hybridized carbons (Fsp3) is 0.364. The van der Waals surface area contributed by atoms with Gasteiger partial charge in [0.2, 0.25) is 0 Å². The molecule has 1 aliphatic rings. The number of rotatable bonds is 3. The van der Waals surface area contributed by atoms with Crippen molar-refractivity contribution in [2.75, 3.05) is 14.1 Å². The van der Waals surface area contributed by atoms with Gasteiger partial charge in [-0.25, -0.2) is 0 Å². The van der Waals surface area contributed by atoms with Crippen LogP contribution in [-0.2, 0) is 9.53 Å². The number of nitro benzene ring substituents is 1. The molecule has 17 heavy (non-hydrogen) atoms. The summed E-state index contributed by atoms with van der Waals surface area (Å²) in [6.45, 7) is 0. The summed E-state index contributed by atoms with van der Waals surface area (Å²) >= 11 is 0. The number of amides is 1. The van der Waals surface area contributed by atoms with Crippen LogP contribution in [0.15, 0.2) is 24.3 Å². The maximum Gasteiger partial charge on any atom is 0.269 e. The third kappa shape index (κ3) is 2.26. The van der Waals surface area contributed by atoms with Crippen LogP contribution in [-0.4, -0.2) is 35.9 Å². The number of carbonyl (C=O) groups is 1. The smallest absolute Gasteiger partial charge is 0.269 e. The molecule has 0 N–H and O–H groups in total. The van der Waals surface area contributed by atoms with Crippen molar-refractivity contribution in [2.45, 2.75) is 12.2 Å². The van der Waals surface area contributed by atoms with Crippen LogP contribution in [0.1, 0.15) is 11.7 Å². The number of non-ortho nitro benzene ring substituents is 1. The average Bonchev–Trinajstić information content (AvgIpc) is 3.08. The lowest BCUT2D eigenvalue weighted by Gasteiger charge is -2.06. The van der Waals surface area contributed by atoms with Gasteiger partial charge in [-0.1, -0.05) is 0 Å². The predicted octanol–water partition coefficient (Wildman–Crippen LogP) is 1.12. The summed E-state index contributed by atoms with van der Waals surface area (Å²) in [7, 11) is 3.33. The standard InChI is InChI=1S/C11H12N2O4/c1-12(2)11(14)10-9(17-10)7-3-5-8(6-4-7)13(15)16/h3-6,9-10H,1-2H3/t9-,10-/m1/s1. The molecule has 0 spiro atoms. The van der Waals surface area contributed by atoms with Gasteiger partial charge in [-0.05, 0) is 17.7 Å². The zero-order valence-corrected chi connectivity index (χ0v) is 9.49. The number of hydrogen-bond donors (Lipinski definition) is 0. The van der Waals surface area contributed by atoms with Crippen molar-refractivity contribution in [3.8, 4) is 0 Å². The van der Waals surface area contributed by atoms with Crippen molar-refractivity contribution >= 4 is 11.6 Å². The van der Waals surface area contributed by atoms with E-state index in [1.165, 1.54) is 17.0 Å². The Kier molecular flexibility index (Phi) is 2.81. The van der Waals surface area contributed by atoms with Gasteiger partial charge in [0.05, 0.1) is 4.92 Å². The Labute approximate surface area is 97.9 Å². The van der Waals surface area contributed by atoms with E-state index in [2.05, 4.69) is 0 Å². The SMILES string of the molecule is CN(C)C(=O)[C@@H]1O[C@@H]1c1ccc([N+](=O)[O-])cc1. The molecule has 0 aromatic heterocycles. The minimum Gasteiger partial charge on any atom is -0.354 e. The molecule has 1 heterocycles. The molecule has 0 saturated carbocycles. The highest BCUT2D eigenvalue weighted by Crippen LogP contribution is 2.39. The van der Waals surface area contributed by atoms with E-state index in [0.29, 0.717) is 0 Å². The van der Waals surface area contributed by atoms with Gasteiger partial charge in [-0.2, -0.15) is 0 Å². The monoisotopic (exact) mass is 236 g/mol. The fourth-order valence-corrected chi connectivity index (χ4v) is 1.59. The lowest BCUT2D eigenvalue weighted by molar-refractivity contribution is -0.384. The highest BCUT2D eigenvalue weighted by atomic mass is 16.6. The van der Waals surface area contributed by atoms with Crippen LogP contribution in [0.2, 0.25) is 0 Å². The van der Waals surface area contributed by atoms with Crippen molar-refractivity contribution in [3.63, 3.8) is 0 Å². The Balaban J connectivity index is 2.06. The van der Waals surface area contributed by atoms with E-state index in [4.69, 9.17) is 4.74 Å². The van der Waals surface area contributed by atoms with E-state index >= 15 is 0 Å². The first-order valence-electron chi connectivity index (χ1n) is 5.11. The first-order chi connectivity index (χ1) is 8.00. The molecular weight excluding hydrogens is 224 g/mol. The first kappa shape index (κ1) is 11.5. The minimum atomic E-state index is -0.458. The molecule has 2 atom stereocenters. The molecule has 0 aliphatic carbocycles. The van der Waals surface area contributed by atoms with Gasteiger partial charge in [0.1, 0.15) is 6.10 Å². The molecule has 6 nitrogen and oxygen atoms in total. The Morgan fingerprint density at radius 2 is 1.94 bits per heavy atom. The van der Waals surface area contributed by atoms with Crippen LogP contribution in [0.3, 0.4) is 0 Å². The molecule has 2 rings (SSSR count). The molecule has 0 radical (unpaired) electrons. The van der Waals surface area contributed by atoms with Crippen LogP contribution in [0.25, 0.3) is 0 Å². The summed E-state index contributed by atoms with van der Waals surface area (Å²) in [5.74, 6) is -0.0895. The Bertz CT molecular complexity index is 455. The second kappa shape index (κ2) is 4.14. The van der Waals surface area contributed by atoms with Crippen LogP contribution in [0, 0.1) is 10.1 Å². The molecule has 1 aromatic carbocycles. The lowest BCUT2D eigenvalue weighted by atomic mass is 10.1. The third-order valence-electron chi connectivity index (χ3n) is 2.61. The van der Waals surface area contributed by atoms with Crippen molar-refractivity contribution in [1.82, 2.24) is 4.90 Å². The van der Waals surface area contributed by atoms with Crippen molar-refractivity contribution in [2.24, 2.45) is 0 Å². The number of carbonyl (C=O) groups excluding carboxylic acids is 1. The van der Waals surface area contributed by atoms with Crippen molar-refractivity contribution < 1.29 is 14.5 Å². The first-order valence-corrected chi connectivity index (χ1v) is 5.11. The maximum absolute atomic E-state index is 11.6. The maximum atomic E-state index is 11.6. The summed E-state index contributed by atoms with van der Waals surface area (Å²) in [4.78, 5) is 23.0. The number of nitro groups is 1. The lowest BCUT2D eigenvalue weighted by Crippen LogP contribution is -2.26. The van der Waals surface area contributed by atoms with Crippen molar-refractivity contribution in [3.05, 3.63) is 39.9 Å². The normalized spacial score (nSPS) is 22.0. The van der Waals surface area contributed by atoms with Crippen LogP contribution < -0.4 is 0 Å². The molecule has 0 unspecified atom stereocenters. The Hall–Kier alpha value is -1.95. The largest absolute Gasteiger partial charge is 0.354 e. The summed E-state index contributed by atoms with van der Waals surface area (Å²) in [6.07, 6.45) is -0.725. The second-order valence-electron chi connectivity index (χ2n) is 4.06. The number of benzene rings is 1. The molecule has 1 aromatic rings. The van der Waals surface area contributed by atoms with E-state index in [1.54, 1.807) is 26.2 Å². The van der Waals surface area contributed by atoms with Crippen LogP contribution in [0.5, 0.6) is 0 Å².